The summed E-state index contributed by atoms with van der Waals surface area (Å²) in [6.07, 6.45) is 0. The molecule has 2 rings (SSSR count). The lowest BCUT2D eigenvalue weighted by atomic mass is 10.1. The molecule has 18 heavy (non-hydrogen) atoms. The number of ether oxygens (including phenoxy) is 1. The quantitative estimate of drug-likeness (QED) is 0.918. The molecule has 0 aliphatic rings. The fourth-order valence-electron chi connectivity index (χ4n) is 1.65. The SMILES string of the molecule is NCc1ccc(F)cc1COc1ccccc1Cl. The van der Waals surface area contributed by atoms with E-state index >= 15 is 0 Å². The lowest BCUT2D eigenvalue weighted by Gasteiger charge is -2.11. The molecule has 0 aliphatic heterocycles. The third kappa shape index (κ3) is 3.00. The summed E-state index contributed by atoms with van der Waals surface area (Å²) in [6, 6.07) is 11.6. The standard InChI is InChI=1S/C14H13ClFNO/c15-13-3-1-2-4-14(13)18-9-11-7-12(16)6-5-10(11)8-17/h1-7H,8-9,17H2. The molecule has 0 spiro atoms. The maximum Gasteiger partial charge on any atom is 0.138 e. The van der Waals surface area contributed by atoms with Crippen LogP contribution in [-0.2, 0) is 13.2 Å². The van der Waals surface area contributed by atoms with E-state index in [1.165, 1.54) is 12.1 Å². The highest BCUT2D eigenvalue weighted by Crippen LogP contribution is 2.24. The van der Waals surface area contributed by atoms with Gasteiger partial charge >= 0.3 is 0 Å². The van der Waals surface area contributed by atoms with Crippen molar-refractivity contribution in [1.82, 2.24) is 0 Å². The molecule has 0 bridgehead atoms. The predicted molar refractivity (Wildman–Crippen MR) is 70.1 cm³/mol. The third-order valence-electron chi connectivity index (χ3n) is 2.61. The zero-order valence-corrected chi connectivity index (χ0v) is 10.5. The summed E-state index contributed by atoms with van der Waals surface area (Å²) in [5.74, 6) is 0.274. The van der Waals surface area contributed by atoms with Gasteiger partial charge in [0.25, 0.3) is 0 Å². The molecular formula is C14H13ClFNO. The van der Waals surface area contributed by atoms with Gasteiger partial charge in [0.1, 0.15) is 18.2 Å². The van der Waals surface area contributed by atoms with Crippen molar-refractivity contribution in [3.63, 3.8) is 0 Å². The van der Waals surface area contributed by atoms with E-state index < -0.39 is 0 Å². The molecule has 0 aromatic heterocycles. The summed E-state index contributed by atoms with van der Waals surface area (Å²) in [6.45, 7) is 0.593. The molecule has 4 heteroatoms. The van der Waals surface area contributed by atoms with Gasteiger partial charge in [0.15, 0.2) is 0 Å². The third-order valence-corrected chi connectivity index (χ3v) is 2.92. The van der Waals surface area contributed by atoms with Gasteiger partial charge in [0.05, 0.1) is 5.02 Å². The van der Waals surface area contributed by atoms with Crippen molar-refractivity contribution >= 4 is 11.6 Å². The minimum Gasteiger partial charge on any atom is -0.487 e. The molecule has 0 aliphatic carbocycles. The second-order valence-corrected chi connectivity index (χ2v) is 4.24. The average Bonchev–Trinajstić information content (AvgIpc) is 2.38. The molecule has 0 heterocycles. The van der Waals surface area contributed by atoms with Gasteiger partial charge < -0.3 is 10.5 Å². The van der Waals surface area contributed by atoms with E-state index in [0.29, 0.717) is 17.3 Å². The summed E-state index contributed by atoms with van der Waals surface area (Å²) < 4.78 is 18.7. The number of nitrogens with two attached hydrogens (primary N) is 1. The van der Waals surface area contributed by atoms with Gasteiger partial charge in [0.2, 0.25) is 0 Å². The Morgan fingerprint density at radius 1 is 1.11 bits per heavy atom. The van der Waals surface area contributed by atoms with Crippen molar-refractivity contribution in [3.8, 4) is 5.75 Å². The Morgan fingerprint density at radius 2 is 1.89 bits per heavy atom. The molecule has 0 fully saturated rings. The lowest BCUT2D eigenvalue weighted by molar-refractivity contribution is 0.304. The highest BCUT2D eigenvalue weighted by atomic mass is 35.5. The number of hydrogen-bond donors (Lipinski definition) is 1. The van der Waals surface area contributed by atoms with Crippen LogP contribution in [0.5, 0.6) is 5.75 Å². The molecule has 0 saturated carbocycles. The fourth-order valence-corrected chi connectivity index (χ4v) is 1.84. The monoisotopic (exact) mass is 265 g/mol. The Morgan fingerprint density at radius 3 is 2.61 bits per heavy atom. The maximum atomic E-state index is 13.2. The van der Waals surface area contributed by atoms with Crippen LogP contribution in [0.15, 0.2) is 42.5 Å². The molecule has 0 radical (unpaired) electrons. The van der Waals surface area contributed by atoms with Gasteiger partial charge in [0, 0.05) is 6.54 Å². The zero-order chi connectivity index (χ0) is 13.0. The molecule has 2 N–H and O–H groups in total. The summed E-state index contributed by atoms with van der Waals surface area (Å²) in [7, 11) is 0. The van der Waals surface area contributed by atoms with Crippen LogP contribution in [0, 0.1) is 5.82 Å². The van der Waals surface area contributed by atoms with E-state index in [4.69, 9.17) is 22.1 Å². The molecule has 2 nitrogen and oxygen atoms in total. The molecule has 94 valence electrons. The zero-order valence-electron chi connectivity index (χ0n) is 9.70. The predicted octanol–water partition coefficient (Wildman–Crippen LogP) is 3.52. The molecule has 2 aromatic carbocycles. The van der Waals surface area contributed by atoms with Gasteiger partial charge in [-0.05, 0) is 35.4 Å². The van der Waals surface area contributed by atoms with Gasteiger partial charge in [-0.2, -0.15) is 0 Å². The van der Waals surface area contributed by atoms with Gasteiger partial charge in [-0.15, -0.1) is 0 Å². The number of benzene rings is 2. The van der Waals surface area contributed by atoms with E-state index in [2.05, 4.69) is 0 Å². The first-order valence-corrected chi connectivity index (χ1v) is 5.93. The van der Waals surface area contributed by atoms with Crippen molar-refractivity contribution in [2.75, 3.05) is 0 Å². The fraction of sp³-hybridized carbons (Fsp3) is 0.143. The summed E-state index contributed by atoms with van der Waals surface area (Å²) in [5.41, 5.74) is 7.19. The van der Waals surface area contributed by atoms with Crippen LogP contribution in [0.25, 0.3) is 0 Å². The Bertz CT molecular complexity index is 545. The first-order chi connectivity index (χ1) is 8.70. The highest BCUT2D eigenvalue weighted by Gasteiger charge is 2.05. The van der Waals surface area contributed by atoms with Crippen LogP contribution in [0.1, 0.15) is 11.1 Å². The van der Waals surface area contributed by atoms with Crippen molar-refractivity contribution in [2.24, 2.45) is 5.73 Å². The van der Waals surface area contributed by atoms with E-state index in [0.717, 1.165) is 11.1 Å². The van der Waals surface area contributed by atoms with Crippen LogP contribution in [0.3, 0.4) is 0 Å². The maximum absolute atomic E-state index is 13.2. The van der Waals surface area contributed by atoms with E-state index in [1.807, 2.05) is 12.1 Å². The Balaban J connectivity index is 2.15. The van der Waals surface area contributed by atoms with E-state index in [1.54, 1.807) is 18.2 Å². The van der Waals surface area contributed by atoms with E-state index in [-0.39, 0.29) is 12.4 Å². The Hall–Kier alpha value is -1.58. The molecule has 2 aromatic rings. The minimum absolute atomic E-state index is 0.244. The normalized spacial score (nSPS) is 10.4. The van der Waals surface area contributed by atoms with Crippen LogP contribution in [0.4, 0.5) is 4.39 Å². The summed E-state index contributed by atoms with van der Waals surface area (Å²) in [4.78, 5) is 0. The smallest absolute Gasteiger partial charge is 0.138 e. The van der Waals surface area contributed by atoms with E-state index in [9.17, 15) is 4.39 Å². The molecule has 0 atom stereocenters. The highest BCUT2D eigenvalue weighted by molar-refractivity contribution is 6.32. The van der Waals surface area contributed by atoms with Crippen molar-refractivity contribution < 1.29 is 9.13 Å². The van der Waals surface area contributed by atoms with Crippen LogP contribution in [0.2, 0.25) is 5.02 Å². The summed E-state index contributed by atoms with van der Waals surface area (Å²) >= 11 is 5.97. The second kappa shape index (κ2) is 5.85. The number of halogens is 2. The largest absolute Gasteiger partial charge is 0.487 e. The molecule has 0 unspecified atom stereocenters. The van der Waals surface area contributed by atoms with Crippen LogP contribution in [-0.4, -0.2) is 0 Å². The van der Waals surface area contributed by atoms with Crippen LogP contribution < -0.4 is 10.5 Å². The van der Waals surface area contributed by atoms with Gasteiger partial charge in [-0.3, -0.25) is 0 Å². The second-order valence-electron chi connectivity index (χ2n) is 3.84. The Kier molecular flexibility index (Phi) is 4.18. The van der Waals surface area contributed by atoms with Crippen LogP contribution >= 0.6 is 11.6 Å². The van der Waals surface area contributed by atoms with Crippen molar-refractivity contribution in [3.05, 3.63) is 64.4 Å². The Labute approximate surface area is 110 Å². The summed E-state index contributed by atoms with van der Waals surface area (Å²) in [5, 5.41) is 0.531. The topological polar surface area (TPSA) is 35.2 Å². The minimum atomic E-state index is -0.301. The molecule has 0 saturated heterocycles. The molecule has 0 amide bonds. The number of para-hydroxylation sites is 1. The van der Waals surface area contributed by atoms with Crippen molar-refractivity contribution in [1.29, 1.82) is 0 Å². The van der Waals surface area contributed by atoms with Crippen molar-refractivity contribution in [2.45, 2.75) is 13.2 Å². The average molecular weight is 266 g/mol. The van der Waals surface area contributed by atoms with Gasteiger partial charge in [-0.1, -0.05) is 29.8 Å². The first-order valence-electron chi connectivity index (χ1n) is 5.55. The number of hydrogen-bond acceptors (Lipinski definition) is 2. The first kappa shape index (κ1) is 12.9. The van der Waals surface area contributed by atoms with Gasteiger partial charge in [-0.25, -0.2) is 4.39 Å². The number of rotatable bonds is 4. The lowest BCUT2D eigenvalue weighted by Crippen LogP contribution is -2.05. The molecular weight excluding hydrogens is 253 g/mol.